The van der Waals surface area contributed by atoms with E-state index in [-0.39, 0.29) is 40.6 Å². The number of benzene rings is 3. The third-order valence-electron chi connectivity index (χ3n) is 5.96. The van der Waals surface area contributed by atoms with Crippen molar-refractivity contribution in [3.8, 4) is 45.8 Å². The summed E-state index contributed by atoms with van der Waals surface area (Å²) < 4.78 is 17.1. The zero-order chi connectivity index (χ0) is 25.7. The molecule has 0 spiro atoms. The smallest absolute Gasteiger partial charge is 0.312 e. The van der Waals surface area contributed by atoms with Gasteiger partial charge in [-0.25, -0.2) is 0 Å². The molecule has 0 unspecified atom stereocenters. The molecule has 9 nitrogen and oxygen atoms in total. The van der Waals surface area contributed by atoms with Crippen LogP contribution in [0.5, 0.6) is 34.5 Å². The van der Waals surface area contributed by atoms with Crippen LogP contribution < -0.4 is 14.9 Å². The van der Waals surface area contributed by atoms with Crippen LogP contribution in [0.3, 0.4) is 0 Å². The van der Waals surface area contributed by atoms with Gasteiger partial charge in [-0.05, 0) is 49.7 Å². The van der Waals surface area contributed by atoms with Crippen LogP contribution in [0.2, 0.25) is 0 Å². The van der Waals surface area contributed by atoms with Gasteiger partial charge in [-0.2, -0.15) is 0 Å². The molecule has 5 rings (SSSR count). The Morgan fingerprint density at radius 3 is 2.31 bits per heavy atom. The third-order valence-corrected chi connectivity index (χ3v) is 5.96. The van der Waals surface area contributed by atoms with Gasteiger partial charge in [0.25, 0.3) is 0 Å². The fourth-order valence-electron chi connectivity index (χ4n) is 4.38. The quantitative estimate of drug-likeness (QED) is 0.184. The lowest BCUT2D eigenvalue weighted by molar-refractivity contribution is -0.135. The minimum atomic E-state index is -0.907. The second kappa shape index (κ2) is 8.53. The van der Waals surface area contributed by atoms with E-state index in [2.05, 4.69) is 0 Å². The average Bonchev–Trinajstić information content (AvgIpc) is 2.82. The highest BCUT2D eigenvalue weighted by atomic mass is 16.5. The summed E-state index contributed by atoms with van der Waals surface area (Å²) in [5.41, 5.74) is 0.195. The molecule has 184 valence electrons. The molecule has 4 N–H and O–H groups in total. The summed E-state index contributed by atoms with van der Waals surface area (Å²) in [7, 11) is 0. The highest BCUT2D eigenvalue weighted by molar-refractivity contribution is 5.94. The lowest BCUT2D eigenvalue weighted by Crippen LogP contribution is -2.22. The molecule has 4 aromatic rings. The zero-order valence-electron chi connectivity index (χ0n) is 19.3. The largest absolute Gasteiger partial charge is 0.507 e. The Bertz CT molecular complexity index is 1570. The van der Waals surface area contributed by atoms with Gasteiger partial charge in [0.1, 0.15) is 28.2 Å². The minimum absolute atomic E-state index is 0.0205. The Kier molecular flexibility index (Phi) is 5.47. The number of esters is 1. The molecule has 2 heterocycles. The first-order valence-corrected chi connectivity index (χ1v) is 11.2. The third kappa shape index (κ3) is 3.84. The second-order valence-electron chi connectivity index (χ2n) is 8.79. The maximum Gasteiger partial charge on any atom is 0.312 e. The van der Waals surface area contributed by atoms with Crippen LogP contribution >= 0.6 is 0 Å². The summed E-state index contributed by atoms with van der Waals surface area (Å²) in [6, 6.07) is 11.9. The van der Waals surface area contributed by atoms with E-state index >= 15 is 0 Å². The van der Waals surface area contributed by atoms with Crippen LogP contribution in [0.25, 0.3) is 22.3 Å². The maximum atomic E-state index is 13.1. The van der Waals surface area contributed by atoms with Gasteiger partial charge >= 0.3 is 5.97 Å². The van der Waals surface area contributed by atoms with E-state index in [9.17, 15) is 30.0 Å². The number of ether oxygens (including phenoxy) is 2. The molecule has 0 radical (unpaired) electrons. The van der Waals surface area contributed by atoms with Gasteiger partial charge in [0.05, 0.1) is 12.5 Å². The first kappa shape index (κ1) is 23.1. The predicted octanol–water partition coefficient (Wildman–Crippen LogP) is 4.51. The van der Waals surface area contributed by atoms with Crippen LogP contribution in [0.15, 0.2) is 57.7 Å². The van der Waals surface area contributed by atoms with E-state index in [1.54, 1.807) is 24.3 Å². The number of carbonyl (C=O) groups excluding carboxylic acids is 1. The highest BCUT2D eigenvalue weighted by Crippen LogP contribution is 2.47. The molecule has 1 aromatic heterocycles. The van der Waals surface area contributed by atoms with Crippen molar-refractivity contribution in [2.75, 3.05) is 0 Å². The molecule has 3 aromatic carbocycles. The molecular weight excluding hydrogens is 468 g/mol. The molecule has 0 bridgehead atoms. The normalized spacial score (nSPS) is 15.1. The summed E-state index contributed by atoms with van der Waals surface area (Å²) >= 11 is 0. The van der Waals surface area contributed by atoms with Gasteiger partial charge in [-0.15, -0.1) is 0 Å². The predicted molar refractivity (Wildman–Crippen MR) is 129 cm³/mol. The monoisotopic (exact) mass is 490 g/mol. The summed E-state index contributed by atoms with van der Waals surface area (Å²) in [5, 5.41) is 40.5. The molecular formula is C27H22O9. The van der Waals surface area contributed by atoms with Crippen LogP contribution in [0, 0.1) is 0 Å². The average molecular weight is 490 g/mol. The van der Waals surface area contributed by atoms with Crippen LogP contribution in [-0.2, 0) is 4.79 Å². The molecule has 0 saturated heterocycles. The lowest BCUT2D eigenvalue weighted by atomic mass is 9.85. The van der Waals surface area contributed by atoms with E-state index in [4.69, 9.17) is 13.9 Å². The molecule has 1 aliphatic rings. The van der Waals surface area contributed by atoms with Gasteiger partial charge in [-0.3, -0.25) is 9.59 Å². The Hall–Kier alpha value is -4.66. The Balaban J connectivity index is 1.76. The Morgan fingerprint density at radius 1 is 0.917 bits per heavy atom. The number of phenolic OH excluding ortho intramolecular Hbond substituents is 3. The summed E-state index contributed by atoms with van der Waals surface area (Å²) in [6.45, 7) is 3.81. The molecule has 0 amide bonds. The molecule has 0 fully saturated rings. The Morgan fingerprint density at radius 2 is 1.64 bits per heavy atom. The van der Waals surface area contributed by atoms with Crippen LogP contribution in [0.4, 0.5) is 0 Å². The van der Waals surface area contributed by atoms with E-state index in [1.807, 2.05) is 13.8 Å². The number of fused-ring (bicyclic) bond motifs is 3. The van der Waals surface area contributed by atoms with Gasteiger partial charge in [0.15, 0.2) is 17.3 Å². The molecule has 36 heavy (non-hydrogen) atoms. The van der Waals surface area contributed by atoms with Crippen molar-refractivity contribution in [1.82, 2.24) is 0 Å². The van der Waals surface area contributed by atoms with Crippen molar-refractivity contribution in [2.45, 2.75) is 32.3 Å². The summed E-state index contributed by atoms with van der Waals surface area (Å²) in [6.07, 6.45) is -0.0789. The topological polar surface area (TPSA) is 147 Å². The van der Waals surface area contributed by atoms with Crippen molar-refractivity contribution in [3.05, 3.63) is 69.9 Å². The standard InChI is InChI=1S/C27H22O9/c1-12(2)34-15-6-3-13(4-7-15)16-10-21(31)35-20-11-19(30)23-24(32)25(33)26(36-27(23)22(16)20)14-5-8-17(28)18(29)9-14/h3-9,11-12,16,28-30,33H,10H2,1-2H3/t16-/m0/s1. The van der Waals surface area contributed by atoms with Crippen LogP contribution in [0.1, 0.15) is 37.3 Å². The van der Waals surface area contributed by atoms with E-state index in [0.717, 1.165) is 17.7 Å². The zero-order valence-corrected chi connectivity index (χ0v) is 19.3. The van der Waals surface area contributed by atoms with Crippen LogP contribution in [-0.4, -0.2) is 32.5 Å². The van der Waals surface area contributed by atoms with Gasteiger partial charge < -0.3 is 34.3 Å². The second-order valence-corrected chi connectivity index (χ2v) is 8.79. The molecule has 9 heteroatoms. The summed E-state index contributed by atoms with van der Waals surface area (Å²) in [5.74, 6) is -2.93. The first-order valence-electron chi connectivity index (χ1n) is 11.2. The molecule has 0 saturated carbocycles. The van der Waals surface area contributed by atoms with E-state index in [1.165, 1.54) is 12.1 Å². The number of hydrogen-bond donors (Lipinski definition) is 4. The lowest BCUT2D eigenvalue weighted by Gasteiger charge is -2.26. The van der Waals surface area contributed by atoms with Gasteiger partial charge in [0.2, 0.25) is 11.2 Å². The molecule has 1 aliphatic heterocycles. The van der Waals surface area contributed by atoms with Crippen molar-refractivity contribution in [1.29, 1.82) is 0 Å². The number of carbonyl (C=O) groups is 1. The highest BCUT2D eigenvalue weighted by Gasteiger charge is 2.34. The van der Waals surface area contributed by atoms with E-state index in [0.29, 0.717) is 11.3 Å². The Labute approximate surface area is 204 Å². The number of rotatable bonds is 4. The van der Waals surface area contributed by atoms with Crippen molar-refractivity contribution in [3.63, 3.8) is 0 Å². The molecule has 1 atom stereocenters. The fraction of sp³-hybridized carbons (Fsp3) is 0.185. The number of aromatic hydroxyl groups is 4. The maximum absolute atomic E-state index is 13.1. The molecule has 0 aliphatic carbocycles. The number of phenols is 3. The first-order chi connectivity index (χ1) is 17.1. The van der Waals surface area contributed by atoms with Crippen molar-refractivity contribution in [2.24, 2.45) is 0 Å². The fourth-order valence-corrected chi connectivity index (χ4v) is 4.38. The van der Waals surface area contributed by atoms with Crippen molar-refractivity contribution >= 4 is 16.9 Å². The minimum Gasteiger partial charge on any atom is -0.507 e. The number of hydrogen-bond acceptors (Lipinski definition) is 9. The SMILES string of the molecule is CC(C)Oc1ccc([C@@H]2CC(=O)Oc3cc(O)c4c(=O)c(O)c(-c5ccc(O)c(O)c5)oc4c32)cc1. The van der Waals surface area contributed by atoms with Gasteiger partial charge in [-0.1, -0.05) is 12.1 Å². The van der Waals surface area contributed by atoms with Crippen molar-refractivity contribution < 1.29 is 39.1 Å². The summed E-state index contributed by atoms with van der Waals surface area (Å²) in [4.78, 5) is 25.6. The van der Waals surface area contributed by atoms with Gasteiger partial charge in [0, 0.05) is 23.1 Å². The van der Waals surface area contributed by atoms with E-state index < -0.39 is 40.3 Å².